The zero-order chi connectivity index (χ0) is 12.3. The van der Waals surface area contributed by atoms with Crippen molar-refractivity contribution in [2.75, 3.05) is 23.9 Å². The Morgan fingerprint density at radius 1 is 1.62 bits per heavy atom. The molecule has 0 aliphatic heterocycles. The van der Waals surface area contributed by atoms with Crippen molar-refractivity contribution in [2.45, 2.75) is 24.3 Å². The molecule has 1 atom stereocenters. The van der Waals surface area contributed by atoms with Crippen molar-refractivity contribution >= 4 is 32.2 Å². The van der Waals surface area contributed by atoms with Gasteiger partial charge in [0.05, 0.1) is 6.61 Å². The Morgan fingerprint density at radius 2 is 2.25 bits per heavy atom. The molecule has 1 unspecified atom stereocenters. The van der Waals surface area contributed by atoms with E-state index in [0.29, 0.717) is 11.4 Å². The van der Waals surface area contributed by atoms with Crippen molar-refractivity contribution in [1.29, 1.82) is 0 Å². The molecule has 0 saturated heterocycles. The number of aromatic nitrogens is 1. The van der Waals surface area contributed by atoms with E-state index in [9.17, 15) is 8.42 Å². The number of hydrogen-bond donors (Lipinski definition) is 3. The van der Waals surface area contributed by atoms with Gasteiger partial charge in [0.25, 0.3) is 0 Å². The first-order valence-electron chi connectivity index (χ1n) is 4.72. The van der Waals surface area contributed by atoms with Crippen LogP contribution in [0, 0.1) is 0 Å². The predicted octanol–water partition coefficient (Wildman–Crippen LogP) is 0.312. The fourth-order valence-electron chi connectivity index (χ4n) is 1.21. The Labute approximate surface area is 98.6 Å². The smallest absolute Gasteiger partial charge is 0.182 e. The molecule has 1 rings (SSSR count). The summed E-state index contributed by atoms with van der Waals surface area (Å²) >= 11 is 0.986. The predicted molar refractivity (Wildman–Crippen MR) is 64.4 cm³/mol. The Hall–Kier alpha value is -0.860. The molecule has 0 fully saturated rings. The number of anilines is 2. The lowest BCUT2D eigenvalue weighted by atomic mass is 10.2. The van der Waals surface area contributed by atoms with Gasteiger partial charge >= 0.3 is 0 Å². The summed E-state index contributed by atoms with van der Waals surface area (Å²) in [5.41, 5.74) is 5.50. The number of nitrogens with two attached hydrogens (primary N) is 1. The monoisotopic (exact) mass is 265 g/mol. The molecule has 8 heteroatoms. The molecular formula is C8H15N3O3S2. The van der Waals surface area contributed by atoms with Crippen LogP contribution in [0.1, 0.15) is 13.3 Å². The topological polar surface area (TPSA) is 105 Å². The third-order valence-corrected chi connectivity index (χ3v) is 4.17. The van der Waals surface area contributed by atoms with Gasteiger partial charge in [-0.25, -0.2) is 8.42 Å². The minimum atomic E-state index is -3.40. The summed E-state index contributed by atoms with van der Waals surface area (Å²) in [4.78, 5) is 0.0180. The van der Waals surface area contributed by atoms with E-state index in [0.717, 1.165) is 17.8 Å². The van der Waals surface area contributed by atoms with E-state index in [4.69, 9.17) is 10.8 Å². The number of sulfone groups is 1. The molecule has 6 nitrogen and oxygen atoms in total. The first-order chi connectivity index (χ1) is 7.40. The lowest BCUT2D eigenvalue weighted by molar-refractivity contribution is 0.272. The summed E-state index contributed by atoms with van der Waals surface area (Å²) in [7, 11) is -3.40. The van der Waals surface area contributed by atoms with Gasteiger partial charge in [0.2, 0.25) is 0 Å². The minimum Gasteiger partial charge on any atom is -0.394 e. The summed E-state index contributed by atoms with van der Waals surface area (Å²) in [5.74, 6) is 0.00259. The molecule has 16 heavy (non-hydrogen) atoms. The normalized spacial score (nSPS) is 13.7. The van der Waals surface area contributed by atoms with Crippen molar-refractivity contribution in [3.63, 3.8) is 0 Å². The van der Waals surface area contributed by atoms with Crippen LogP contribution < -0.4 is 11.1 Å². The number of aliphatic hydroxyl groups excluding tert-OH is 1. The Balaban J connectivity index is 3.07. The van der Waals surface area contributed by atoms with Crippen molar-refractivity contribution in [1.82, 2.24) is 4.37 Å². The first kappa shape index (κ1) is 13.2. The van der Waals surface area contributed by atoms with Crippen LogP contribution in [-0.4, -0.2) is 36.8 Å². The van der Waals surface area contributed by atoms with E-state index in [-0.39, 0.29) is 23.4 Å². The molecule has 0 saturated carbocycles. The summed E-state index contributed by atoms with van der Waals surface area (Å²) < 4.78 is 26.8. The fourth-order valence-corrected chi connectivity index (χ4v) is 3.34. The molecule has 1 heterocycles. The highest BCUT2D eigenvalue weighted by molar-refractivity contribution is 7.91. The average molecular weight is 265 g/mol. The van der Waals surface area contributed by atoms with E-state index in [1.54, 1.807) is 0 Å². The number of nitrogens with one attached hydrogen (secondary N) is 1. The van der Waals surface area contributed by atoms with E-state index >= 15 is 0 Å². The van der Waals surface area contributed by atoms with E-state index in [2.05, 4.69) is 9.69 Å². The maximum Gasteiger partial charge on any atom is 0.182 e. The zero-order valence-corrected chi connectivity index (χ0v) is 10.7. The second-order valence-corrected chi connectivity index (χ2v) is 6.16. The fraction of sp³-hybridized carbons (Fsp3) is 0.625. The molecule has 0 radical (unpaired) electrons. The number of nitrogens with zero attached hydrogens (tertiary/aromatic N) is 1. The number of rotatable bonds is 5. The van der Waals surface area contributed by atoms with Crippen LogP contribution in [0.4, 0.5) is 10.8 Å². The van der Waals surface area contributed by atoms with Crippen molar-refractivity contribution < 1.29 is 13.5 Å². The van der Waals surface area contributed by atoms with Crippen molar-refractivity contribution in [2.24, 2.45) is 0 Å². The van der Waals surface area contributed by atoms with Gasteiger partial charge in [-0.05, 0) is 18.0 Å². The molecule has 0 aliphatic rings. The highest BCUT2D eigenvalue weighted by Gasteiger charge is 2.22. The summed E-state index contributed by atoms with van der Waals surface area (Å²) in [5, 5.41) is 12.3. The first-order valence-corrected chi connectivity index (χ1v) is 7.39. The van der Waals surface area contributed by atoms with Gasteiger partial charge in [-0.15, -0.1) is 0 Å². The van der Waals surface area contributed by atoms with Crippen LogP contribution in [0.15, 0.2) is 4.90 Å². The van der Waals surface area contributed by atoms with Gasteiger partial charge < -0.3 is 16.2 Å². The van der Waals surface area contributed by atoms with Crippen LogP contribution >= 0.6 is 11.5 Å². The maximum atomic E-state index is 11.5. The number of aliphatic hydroxyl groups is 1. The quantitative estimate of drug-likeness (QED) is 0.707. The Morgan fingerprint density at radius 3 is 2.69 bits per heavy atom. The van der Waals surface area contributed by atoms with Crippen LogP contribution in [0.5, 0.6) is 0 Å². The highest BCUT2D eigenvalue weighted by Crippen LogP contribution is 2.31. The number of hydrogen-bond acceptors (Lipinski definition) is 7. The second kappa shape index (κ2) is 4.98. The van der Waals surface area contributed by atoms with E-state index < -0.39 is 9.84 Å². The summed E-state index contributed by atoms with van der Waals surface area (Å²) in [6.07, 6.45) is 1.76. The Kier molecular flexibility index (Phi) is 4.11. The third kappa shape index (κ3) is 2.83. The average Bonchev–Trinajstić information content (AvgIpc) is 2.55. The maximum absolute atomic E-state index is 11.5. The molecule has 1 aromatic heterocycles. The molecule has 0 aromatic carbocycles. The van der Waals surface area contributed by atoms with Gasteiger partial charge in [0, 0.05) is 12.3 Å². The molecule has 0 bridgehead atoms. The zero-order valence-electron chi connectivity index (χ0n) is 9.10. The molecule has 92 valence electrons. The highest BCUT2D eigenvalue weighted by atomic mass is 32.2. The van der Waals surface area contributed by atoms with Gasteiger partial charge in [-0.2, -0.15) is 4.37 Å². The molecule has 4 N–H and O–H groups in total. The molecule has 1 aromatic rings. The van der Waals surface area contributed by atoms with E-state index in [1.807, 2.05) is 6.92 Å². The second-order valence-electron chi connectivity index (χ2n) is 3.43. The lowest BCUT2D eigenvalue weighted by Gasteiger charge is -2.14. The van der Waals surface area contributed by atoms with Gasteiger partial charge in [-0.1, -0.05) is 6.92 Å². The molecular weight excluding hydrogens is 250 g/mol. The summed E-state index contributed by atoms with van der Waals surface area (Å²) in [6, 6.07) is -0.194. The van der Waals surface area contributed by atoms with Crippen molar-refractivity contribution in [3.05, 3.63) is 0 Å². The van der Waals surface area contributed by atoms with Crippen LogP contribution in [0.3, 0.4) is 0 Å². The number of nitrogen functional groups attached to an aromatic ring is 1. The van der Waals surface area contributed by atoms with Gasteiger partial charge in [-0.3, -0.25) is 0 Å². The van der Waals surface area contributed by atoms with E-state index in [1.165, 1.54) is 0 Å². The van der Waals surface area contributed by atoms with Gasteiger partial charge in [0.1, 0.15) is 9.90 Å². The SMILES string of the molecule is CCC(CO)Nc1snc(N)c1S(C)(=O)=O. The molecule has 0 spiro atoms. The van der Waals surface area contributed by atoms with Crippen LogP contribution in [-0.2, 0) is 9.84 Å². The summed E-state index contributed by atoms with van der Waals surface area (Å²) in [6.45, 7) is 1.82. The third-order valence-electron chi connectivity index (χ3n) is 2.09. The van der Waals surface area contributed by atoms with Crippen LogP contribution in [0.25, 0.3) is 0 Å². The lowest BCUT2D eigenvalue weighted by Crippen LogP contribution is -2.23. The Bertz CT molecular complexity index is 451. The minimum absolute atomic E-state index is 0.00259. The van der Waals surface area contributed by atoms with Crippen LogP contribution in [0.2, 0.25) is 0 Å². The van der Waals surface area contributed by atoms with Crippen molar-refractivity contribution in [3.8, 4) is 0 Å². The molecule has 0 aliphatic carbocycles. The molecule has 0 amide bonds. The standard InChI is InChI=1S/C8H15N3O3S2/c1-3-5(4-12)10-8-6(16(2,13)14)7(9)11-15-8/h5,10,12H,3-4H2,1-2H3,(H2,9,11). The largest absolute Gasteiger partial charge is 0.394 e. The van der Waals surface area contributed by atoms with Gasteiger partial charge in [0.15, 0.2) is 15.7 Å².